The summed E-state index contributed by atoms with van der Waals surface area (Å²) in [5.41, 5.74) is 5.17. The molecule has 0 saturated carbocycles. The fraction of sp³-hybridized carbons (Fsp3) is 0.120. The molecule has 3 aromatic rings. The van der Waals surface area contributed by atoms with E-state index in [9.17, 15) is 9.59 Å². The smallest absolute Gasteiger partial charge is 0.282 e. The van der Waals surface area contributed by atoms with Crippen LogP contribution in [0.4, 0.5) is 11.4 Å². The van der Waals surface area contributed by atoms with E-state index in [2.05, 4.69) is 5.32 Å². The van der Waals surface area contributed by atoms with Crippen LogP contribution in [0.15, 0.2) is 66.4 Å². The van der Waals surface area contributed by atoms with Crippen LogP contribution < -0.4 is 10.2 Å². The summed E-state index contributed by atoms with van der Waals surface area (Å²) in [6, 6.07) is 17.9. The quantitative estimate of drug-likeness (QED) is 0.473. The van der Waals surface area contributed by atoms with Gasteiger partial charge in [-0.3, -0.25) is 9.59 Å². The van der Waals surface area contributed by atoms with Gasteiger partial charge in [-0.15, -0.1) is 0 Å². The second-order valence-corrected chi connectivity index (χ2v) is 8.45. The van der Waals surface area contributed by atoms with Gasteiger partial charge in [-0.2, -0.15) is 0 Å². The van der Waals surface area contributed by atoms with Gasteiger partial charge in [0.05, 0.1) is 11.3 Å². The number of benzene rings is 3. The third-order valence-corrected chi connectivity index (χ3v) is 5.75. The number of anilines is 2. The molecule has 0 saturated heterocycles. The highest BCUT2D eigenvalue weighted by Crippen LogP contribution is 2.36. The molecule has 0 bridgehead atoms. The van der Waals surface area contributed by atoms with E-state index in [-0.39, 0.29) is 11.6 Å². The molecule has 3 aromatic carbocycles. The lowest BCUT2D eigenvalue weighted by Crippen LogP contribution is -2.33. The summed E-state index contributed by atoms with van der Waals surface area (Å²) < 4.78 is 0. The molecule has 0 aromatic heterocycles. The van der Waals surface area contributed by atoms with Crippen LogP contribution in [0.1, 0.15) is 22.3 Å². The van der Waals surface area contributed by atoms with E-state index in [1.165, 1.54) is 4.90 Å². The lowest BCUT2D eigenvalue weighted by Gasteiger charge is -2.18. The van der Waals surface area contributed by atoms with Gasteiger partial charge in [0.1, 0.15) is 5.70 Å². The topological polar surface area (TPSA) is 49.4 Å². The molecule has 156 valence electrons. The first kappa shape index (κ1) is 21.2. The second kappa shape index (κ2) is 8.22. The number of carbonyl (C=O) groups excluding carboxylic acids is 2. The van der Waals surface area contributed by atoms with Crippen LogP contribution in [0.25, 0.3) is 5.57 Å². The summed E-state index contributed by atoms with van der Waals surface area (Å²) in [4.78, 5) is 28.3. The molecule has 0 atom stereocenters. The van der Waals surface area contributed by atoms with Crippen molar-refractivity contribution in [2.45, 2.75) is 20.8 Å². The zero-order chi connectivity index (χ0) is 22.3. The molecule has 6 heteroatoms. The Morgan fingerprint density at radius 3 is 2.06 bits per heavy atom. The Balaban J connectivity index is 1.85. The molecular formula is C25H20Cl2N2O2. The molecule has 1 heterocycles. The second-order valence-electron chi connectivity index (χ2n) is 7.58. The first-order valence-electron chi connectivity index (χ1n) is 9.75. The molecule has 31 heavy (non-hydrogen) atoms. The Kier molecular flexibility index (Phi) is 5.61. The van der Waals surface area contributed by atoms with Gasteiger partial charge in [0.15, 0.2) is 0 Å². The van der Waals surface area contributed by atoms with Crippen LogP contribution in [-0.4, -0.2) is 11.8 Å². The van der Waals surface area contributed by atoms with Gasteiger partial charge >= 0.3 is 0 Å². The van der Waals surface area contributed by atoms with Gasteiger partial charge in [-0.05, 0) is 73.9 Å². The van der Waals surface area contributed by atoms with Gasteiger partial charge in [-0.25, -0.2) is 4.90 Å². The number of carbonyl (C=O) groups is 2. The maximum atomic E-state index is 13.5. The lowest BCUT2D eigenvalue weighted by atomic mass is 10.0. The molecular weight excluding hydrogens is 431 g/mol. The fourth-order valence-corrected chi connectivity index (χ4v) is 4.06. The largest absolute Gasteiger partial charge is 0.350 e. The van der Waals surface area contributed by atoms with Crippen LogP contribution in [0.5, 0.6) is 0 Å². The number of hydrogen-bond donors (Lipinski definition) is 1. The van der Waals surface area contributed by atoms with Crippen LogP contribution in [-0.2, 0) is 9.59 Å². The van der Waals surface area contributed by atoms with Crippen molar-refractivity contribution in [1.82, 2.24) is 0 Å². The Labute approximate surface area is 191 Å². The number of rotatable bonds is 4. The van der Waals surface area contributed by atoms with E-state index in [1.54, 1.807) is 48.5 Å². The van der Waals surface area contributed by atoms with Crippen molar-refractivity contribution in [2.75, 3.05) is 10.2 Å². The number of nitrogens with one attached hydrogen (secondary N) is 1. The SMILES string of the molecule is Cc1ccc(N2C(=O)C(Nc3ccc(Cl)cc3C)=C(c3ccc(Cl)cc3)C2=O)c(C)c1. The highest BCUT2D eigenvalue weighted by Gasteiger charge is 2.40. The molecule has 0 spiro atoms. The van der Waals surface area contributed by atoms with E-state index in [4.69, 9.17) is 23.2 Å². The van der Waals surface area contributed by atoms with Crippen molar-refractivity contribution < 1.29 is 9.59 Å². The third kappa shape index (κ3) is 3.97. The minimum atomic E-state index is -0.406. The summed E-state index contributed by atoms with van der Waals surface area (Å²) >= 11 is 12.1. The van der Waals surface area contributed by atoms with E-state index in [1.807, 2.05) is 32.9 Å². The predicted octanol–water partition coefficient (Wildman–Crippen LogP) is 6.32. The van der Waals surface area contributed by atoms with Crippen LogP contribution >= 0.6 is 23.2 Å². The zero-order valence-corrected chi connectivity index (χ0v) is 18.8. The molecule has 4 rings (SSSR count). The van der Waals surface area contributed by atoms with Gasteiger partial charge in [0.25, 0.3) is 11.8 Å². The summed E-state index contributed by atoms with van der Waals surface area (Å²) in [5, 5.41) is 4.34. The molecule has 0 aliphatic carbocycles. The molecule has 1 N–H and O–H groups in total. The van der Waals surface area contributed by atoms with E-state index in [0.29, 0.717) is 32.6 Å². The van der Waals surface area contributed by atoms with Crippen molar-refractivity contribution in [2.24, 2.45) is 0 Å². The zero-order valence-electron chi connectivity index (χ0n) is 17.3. The van der Waals surface area contributed by atoms with E-state index < -0.39 is 5.91 Å². The number of imide groups is 1. The maximum Gasteiger partial charge on any atom is 0.282 e. The van der Waals surface area contributed by atoms with Crippen LogP contribution in [0.3, 0.4) is 0 Å². The van der Waals surface area contributed by atoms with Crippen molar-refractivity contribution in [3.8, 4) is 0 Å². The minimum Gasteiger partial charge on any atom is -0.350 e. The molecule has 0 radical (unpaired) electrons. The third-order valence-electron chi connectivity index (χ3n) is 5.26. The average Bonchev–Trinajstić information content (AvgIpc) is 2.95. The standard InChI is InChI=1S/C25H20Cl2N2O2/c1-14-4-11-21(16(3)12-14)29-24(30)22(17-5-7-18(26)8-6-17)23(25(29)31)28-20-10-9-19(27)13-15(20)2/h4-13,28H,1-3H3. The Morgan fingerprint density at radius 1 is 0.742 bits per heavy atom. The molecule has 2 amide bonds. The fourth-order valence-electron chi connectivity index (χ4n) is 3.71. The number of aryl methyl sites for hydroxylation is 3. The molecule has 0 unspecified atom stereocenters. The minimum absolute atomic E-state index is 0.220. The average molecular weight is 451 g/mol. The summed E-state index contributed by atoms with van der Waals surface area (Å²) in [6.07, 6.45) is 0. The number of halogens is 2. The summed E-state index contributed by atoms with van der Waals surface area (Å²) in [7, 11) is 0. The molecule has 0 fully saturated rings. The highest BCUT2D eigenvalue weighted by atomic mass is 35.5. The van der Waals surface area contributed by atoms with Crippen molar-refractivity contribution in [1.29, 1.82) is 0 Å². The first-order valence-corrected chi connectivity index (χ1v) is 10.5. The van der Waals surface area contributed by atoms with Crippen molar-refractivity contribution >= 4 is 52.0 Å². The van der Waals surface area contributed by atoms with Crippen LogP contribution in [0, 0.1) is 20.8 Å². The van der Waals surface area contributed by atoms with E-state index >= 15 is 0 Å². The molecule has 1 aliphatic rings. The predicted molar refractivity (Wildman–Crippen MR) is 127 cm³/mol. The summed E-state index contributed by atoms with van der Waals surface area (Å²) in [5.74, 6) is -0.787. The Morgan fingerprint density at radius 2 is 1.42 bits per heavy atom. The van der Waals surface area contributed by atoms with Gasteiger partial charge in [-0.1, -0.05) is 53.0 Å². The van der Waals surface area contributed by atoms with Crippen molar-refractivity contribution in [3.63, 3.8) is 0 Å². The first-order chi connectivity index (χ1) is 14.8. The lowest BCUT2D eigenvalue weighted by molar-refractivity contribution is -0.120. The maximum absolute atomic E-state index is 13.5. The Bertz CT molecular complexity index is 1250. The molecule has 1 aliphatic heterocycles. The van der Waals surface area contributed by atoms with Crippen molar-refractivity contribution in [3.05, 3.63) is 98.7 Å². The van der Waals surface area contributed by atoms with Gasteiger partial charge < -0.3 is 5.32 Å². The summed E-state index contributed by atoms with van der Waals surface area (Å²) in [6.45, 7) is 5.75. The number of amides is 2. The van der Waals surface area contributed by atoms with E-state index in [0.717, 1.165) is 16.7 Å². The monoisotopic (exact) mass is 450 g/mol. The van der Waals surface area contributed by atoms with Crippen LogP contribution in [0.2, 0.25) is 10.0 Å². The molecule has 4 nitrogen and oxygen atoms in total. The Hall–Kier alpha value is -3.08. The number of hydrogen-bond acceptors (Lipinski definition) is 3. The van der Waals surface area contributed by atoms with Gasteiger partial charge in [0.2, 0.25) is 0 Å². The normalized spacial score (nSPS) is 13.9. The number of nitrogens with zero attached hydrogens (tertiary/aromatic N) is 1. The highest BCUT2D eigenvalue weighted by molar-refractivity contribution is 6.46. The van der Waals surface area contributed by atoms with Gasteiger partial charge in [0, 0.05) is 15.7 Å².